The molecule has 1 saturated heterocycles. The summed E-state index contributed by atoms with van der Waals surface area (Å²) in [5.74, 6) is -1.70. The summed E-state index contributed by atoms with van der Waals surface area (Å²) in [5.41, 5.74) is 4.63. The topological polar surface area (TPSA) is 152 Å². The van der Waals surface area contributed by atoms with Crippen LogP contribution in [0.25, 0.3) is 0 Å². The second-order valence-corrected chi connectivity index (χ2v) is 10.9. The van der Waals surface area contributed by atoms with E-state index >= 15 is 0 Å². The Morgan fingerprint density at radius 2 is 1.74 bits per heavy atom. The van der Waals surface area contributed by atoms with Crippen molar-refractivity contribution in [3.8, 4) is 0 Å². The van der Waals surface area contributed by atoms with Gasteiger partial charge < -0.3 is 25.4 Å². The summed E-state index contributed by atoms with van der Waals surface area (Å²) < 4.78 is 11.0. The van der Waals surface area contributed by atoms with Crippen molar-refractivity contribution in [3.05, 3.63) is 70.4 Å². The molecule has 2 unspecified atom stereocenters. The lowest BCUT2D eigenvalue weighted by molar-refractivity contribution is -0.149. The molecular weight excluding hydrogens is 500 g/mol. The van der Waals surface area contributed by atoms with Gasteiger partial charge in [0.1, 0.15) is 12.4 Å². The number of carbonyl (C=O) groups is 3. The Morgan fingerprint density at radius 1 is 1.05 bits per heavy atom. The molecule has 1 aliphatic heterocycles. The van der Waals surface area contributed by atoms with Gasteiger partial charge in [0.2, 0.25) is 5.78 Å². The molecule has 2 heterocycles. The van der Waals surface area contributed by atoms with Gasteiger partial charge in [0.05, 0.1) is 13.2 Å². The number of aliphatic hydroxyl groups excluding tert-OH is 2. The van der Waals surface area contributed by atoms with Crippen LogP contribution in [-0.4, -0.2) is 63.8 Å². The highest BCUT2D eigenvalue weighted by Crippen LogP contribution is 2.59. The van der Waals surface area contributed by atoms with Crippen molar-refractivity contribution < 1.29 is 34.1 Å². The number of allylic oxidation sites excluding steroid dienone is 1. The third-order valence-corrected chi connectivity index (χ3v) is 8.63. The van der Waals surface area contributed by atoms with Crippen molar-refractivity contribution in [3.63, 3.8) is 0 Å². The molecule has 2 aliphatic carbocycles. The molecule has 4 N–H and O–H groups in total. The Hall–Kier alpha value is -3.40. The largest absolute Gasteiger partial charge is 0.461 e. The first-order chi connectivity index (χ1) is 18.7. The van der Waals surface area contributed by atoms with Crippen LogP contribution in [0.1, 0.15) is 78.1 Å². The second kappa shape index (κ2) is 10.3. The van der Waals surface area contributed by atoms with Crippen LogP contribution in [0.2, 0.25) is 0 Å². The Morgan fingerprint density at radius 3 is 2.38 bits per heavy atom. The molecule has 9 heteroatoms. The van der Waals surface area contributed by atoms with E-state index in [1.807, 2.05) is 19.1 Å². The predicted molar refractivity (Wildman–Crippen MR) is 142 cm³/mol. The SMILES string of the molecule is CC(CC1(c2ccnc(N)c2)CCCCC1)=C(CO)CC12OC1(C(=O)OCCO)C(=O)c1ccccc1C2=O. The predicted octanol–water partition coefficient (Wildman–Crippen LogP) is 3.08. The van der Waals surface area contributed by atoms with E-state index < -0.39 is 35.3 Å². The molecule has 2 atom stereocenters. The molecule has 3 aliphatic rings. The quantitative estimate of drug-likeness (QED) is 0.191. The van der Waals surface area contributed by atoms with Crippen LogP contribution in [0.4, 0.5) is 5.82 Å². The number of esters is 1. The summed E-state index contributed by atoms with van der Waals surface area (Å²) in [6, 6.07) is 10.2. The maximum Gasteiger partial charge on any atom is 0.350 e. The van der Waals surface area contributed by atoms with Gasteiger partial charge in [-0.2, -0.15) is 0 Å². The number of nitrogen functional groups attached to an aromatic ring is 1. The molecule has 0 radical (unpaired) electrons. The number of ether oxygens (including phenoxy) is 2. The van der Waals surface area contributed by atoms with Gasteiger partial charge in [-0.1, -0.05) is 49.1 Å². The molecule has 5 rings (SSSR count). The van der Waals surface area contributed by atoms with Crippen molar-refractivity contribution >= 4 is 23.4 Å². The minimum atomic E-state index is -2.14. The molecule has 2 aromatic rings. The summed E-state index contributed by atoms with van der Waals surface area (Å²) in [6.45, 7) is 0.787. The third-order valence-electron chi connectivity index (χ3n) is 8.63. The number of pyridine rings is 1. The summed E-state index contributed by atoms with van der Waals surface area (Å²) in [6.07, 6.45) is 7.33. The minimum Gasteiger partial charge on any atom is -0.461 e. The van der Waals surface area contributed by atoms with E-state index in [0.717, 1.165) is 43.2 Å². The lowest BCUT2D eigenvalue weighted by Crippen LogP contribution is -2.51. The lowest BCUT2D eigenvalue weighted by Gasteiger charge is -2.39. The fourth-order valence-corrected chi connectivity index (χ4v) is 6.59. The number of hydrogen-bond donors (Lipinski definition) is 3. The highest BCUT2D eigenvalue weighted by atomic mass is 16.7. The van der Waals surface area contributed by atoms with Crippen molar-refractivity contribution in [1.82, 2.24) is 4.98 Å². The summed E-state index contributed by atoms with van der Waals surface area (Å²) in [7, 11) is 0. The minimum absolute atomic E-state index is 0.0965. The standard InChI is InChI=1S/C30H34N2O7/c1-19(16-28(10-5-2-6-11-28)21-9-12-32-24(31)15-21)20(18-34)17-29-25(35)22-7-3-4-8-23(22)26(36)30(29,39-29)27(37)38-14-13-33/h3-4,7-9,12,15,33-34H,2,5-6,10-11,13-14,16-18H2,1H3,(H2,31,32). The number of rotatable bonds is 9. The molecular formula is C30H34N2O7. The van der Waals surface area contributed by atoms with Gasteiger partial charge in [0, 0.05) is 23.7 Å². The lowest BCUT2D eigenvalue weighted by atomic mass is 9.65. The molecule has 1 aromatic carbocycles. The number of aromatic nitrogens is 1. The van der Waals surface area contributed by atoms with Gasteiger partial charge >= 0.3 is 5.97 Å². The van der Waals surface area contributed by atoms with Crippen LogP contribution < -0.4 is 5.73 Å². The number of carbonyl (C=O) groups excluding carboxylic acids is 3. The van der Waals surface area contributed by atoms with Gasteiger partial charge in [-0.25, -0.2) is 9.78 Å². The number of hydrogen-bond acceptors (Lipinski definition) is 9. The van der Waals surface area contributed by atoms with Crippen LogP contribution in [-0.2, 0) is 19.7 Å². The van der Waals surface area contributed by atoms with Crippen molar-refractivity contribution in [2.24, 2.45) is 0 Å². The molecule has 9 nitrogen and oxygen atoms in total. The smallest absolute Gasteiger partial charge is 0.350 e. The maximum atomic E-state index is 13.8. The van der Waals surface area contributed by atoms with Crippen LogP contribution in [0.5, 0.6) is 0 Å². The van der Waals surface area contributed by atoms with E-state index in [1.165, 1.54) is 6.07 Å². The highest BCUT2D eigenvalue weighted by molar-refractivity contribution is 6.32. The number of nitrogens with zero attached hydrogens (tertiary/aromatic N) is 1. The van der Waals surface area contributed by atoms with E-state index in [0.29, 0.717) is 17.8 Å². The third kappa shape index (κ3) is 4.29. The first-order valence-electron chi connectivity index (χ1n) is 13.4. The van der Waals surface area contributed by atoms with Crippen LogP contribution in [0.3, 0.4) is 0 Å². The summed E-state index contributed by atoms with van der Waals surface area (Å²) in [4.78, 5) is 44.8. The zero-order valence-electron chi connectivity index (χ0n) is 22.1. The fraction of sp³-hybridized carbons (Fsp3) is 0.467. The van der Waals surface area contributed by atoms with Crippen LogP contribution >= 0.6 is 0 Å². The fourth-order valence-electron chi connectivity index (χ4n) is 6.59. The van der Waals surface area contributed by atoms with Crippen molar-refractivity contribution in [1.29, 1.82) is 0 Å². The average molecular weight is 535 g/mol. The van der Waals surface area contributed by atoms with E-state index in [9.17, 15) is 24.6 Å². The number of Topliss-reactive ketones (excluding diaryl/α,β-unsaturated/α-hetero) is 2. The second-order valence-electron chi connectivity index (χ2n) is 10.9. The van der Waals surface area contributed by atoms with E-state index in [1.54, 1.807) is 24.4 Å². The van der Waals surface area contributed by atoms with E-state index in [-0.39, 0.29) is 36.2 Å². The van der Waals surface area contributed by atoms with E-state index in [2.05, 4.69) is 4.98 Å². The number of fused-ring (bicyclic) bond motifs is 2. The Bertz CT molecular complexity index is 1350. The molecule has 1 saturated carbocycles. The molecule has 1 aromatic heterocycles. The molecule has 0 bridgehead atoms. The average Bonchev–Trinajstić information content (AvgIpc) is 3.65. The number of nitrogens with two attached hydrogens (primary N) is 1. The zero-order chi connectivity index (χ0) is 27.8. The van der Waals surface area contributed by atoms with Gasteiger partial charge in [0.15, 0.2) is 11.4 Å². The van der Waals surface area contributed by atoms with E-state index in [4.69, 9.17) is 15.2 Å². The molecule has 39 heavy (non-hydrogen) atoms. The Balaban J connectivity index is 1.54. The number of anilines is 1. The summed E-state index contributed by atoms with van der Waals surface area (Å²) in [5, 5.41) is 19.7. The van der Waals surface area contributed by atoms with Crippen LogP contribution in [0.15, 0.2) is 53.7 Å². The molecule has 2 fully saturated rings. The molecule has 0 amide bonds. The normalized spacial score (nSPS) is 25.8. The Kier molecular flexibility index (Phi) is 7.17. The first kappa shape index (κ1) is 27.2. The highest BCUT2D eigenvalue weighted by Gasteiger charge is 2.85. The maximum absolute atomic E-state index is 13.8. The molecule has 0 spiro atoms. The van der Waals surface area contributed by atoms with Gasteiger partial charge in [-0.15, -0.1) is 0 Å². The molecule has 206 valence electrons. The Labute approximate surface area is 227 Å². The number of epoxide rings is 1. The number of ketones is 2. The first-order valence-corrected chi connectivity index (χ1v) is 13.4. The van der Waals surface area contributed by atoms with Crippen molar-refractivity contribution in [2.75, 3.05) is 25.6 Å². The van der Waals surface area contributed by atoms with Crippen molar-refractivity contribution in [2.45, 2.75) is 68.5 Å². The zero-order valence-corrected chi connectivity index (χ0v) is 22.1. The van der Waals surface area contributed by atoms with Gasteiger partial charge in [-0.05, 0) is 54.9 Å². The summed E-state index contributed by atoms with van der Waals surface area (Å²) >= 11 is 0. The number of benzene rings is 1. The van der Waals surface area contributed by atoms with Crippen LogP contribution in [0, 0.1) is 0 Å². The van der Waals surface area contributed by atoms with Gasteiger partial charge in [-0.3, -0.25) is 9.59 Å². The number of aliphatic hydroxyl groups is 2. The monoisotopic (exact) mass is 534 g/mol. The van der Waals surface area contributed by atoms with Gasteiger partial charge in [0.25, 0.3) is 5.60 Å².